The molecule has 2 aliphatic carbocycles. The second-order valence-electron chi connectivity index (χ2n) is 11.1. The number of carbonyl (C=O) groups is 1. The smallest absolute Gasteiger partial charge is 0.225 e. The molecule has 2 atom stereocenters. The first kappa shape index (κ1) is 27.8. The van der Waals surface area contributed by atoms with Crippen molar-refractivity contribution >= 4 is 32.7 Å². The Kier molecular flexibility index (Phi) is 7.55. The number of nitriles is 1. The Balaban J connectivity index is 1.42. The standard InChI is InChI=1S/C30H33FN6O2S2/c1-33-41(39)16-14-37(15-17-41)25-9-5-4-8-23(25)27-26(35-29(40-27)24-11-10-20(31)18-34-24)21-6-2-3-7-22(21)28(38)36-30(19-32)12-13-30/h4-5,8-11,18,21-22H,2-3,6-7,12-17H2,1H3,(H,36,38)/t21-,22-/m1/s1. The van der Waals surface area contributed by atoms with E-state index in [2.05, 4.69) is 37.8 Å². The van der Waals surface area contributed by atoms with Crippen molar-refractivity contribution < 1.29 is 13.4 Å². The maximum absolute atomic E-state index is 13.7. The van der Waals surface area contributed by atoms with E-state index in [1.807, 2.05) is 12.1 Å². The number of nitrogens with one attached hydrogen (secondary N) is 1. The number of benzene rings is 1. The number of pyridine rings is 1. The van der Waals surface area contributed by atoms with Crippen molar-refractivity contribution in [2.75, 3.05) is 36.5 Å². The average Bonchev–Trinajstić information content (AvgIpc) is 3.64. The minimum Gasteiger partial charge on any atom is -0.369 e. The molecule has 2 aromatic heterocycles. The zero-order valence-corrected chi connectivity index (χ0v) is 24.6. The Labute approximate surface area is 244 Å². The molecule has 0 bridgehead atoms. The number of hydrogen-bond donors (Lipinski definition) is 1. The van der Waals surface area contributed by atoms with Crippen molar-refractivity contribution in [1.82, 2.24) is 15.3 Å². The molecule has 214 valence electrons. The summed E-state index contributed by atoms with van der Waals surface area (Å²) < 4.78 is 30.8. The van der Waals surface area contributed by atoms with Crippen molar-refractivity contribution in [3.63, 3.8) is 0 Å². The van der Waals surface area contributed by atoms with Crippen LogP contribution in [0, 0.1) is 23.1 Å². The second-order valence-corrected chi connectivity index (χ2v) is 14.9. The van der Waals surface area contributed by atoms with Gasteiger partial charge in [0, 0.05) is 64.5 Å². The highest BCUT2D eigenvalue weighted by molar-refractivity contribution is 7.93. The van der Waals surface area contributed by atoms with Gasteiger partial charge in [-0.1, -0.05) is 31.0 Å². The Hall–Kier alpha value is -3.36. The molecule has 0 unspecified atom stereocenters. The van der Waals surface area contributed by atoms with Crippen LogP contribution in [-0.2, 0) is 14.5 Å². The van der Waals surface area contributed by atoms with E-state index in [9.17, 15) is 18.7 Å². The molecule has 3 aromatic rings. The first-order valence-corrected chi connectivity index (χ1v) is 16.8. The molecular formula is C30H33FN6O2S2. The first-order chi connectivity index (χ1) is 19.8. The van der Waals surface area contributed by atoms with Crippen LogP contribution in [0.4, 0.5) is 10.1 Å². The van der Waals surface area contributed by atoms with Crippen LogP contribution in [-0.4, -0.2) is 57.3 Å². The van der Waals surface area contributed by atoms with Gasteiger partial charge in [-0.05, 0) is 43.9 Å². The summed E-state index contributed by atoms with van der Waals surface area (Å²) in [5, 5.41) is 13.3. The maximum atomic E-state index is 13.7. The molecule has 3 aliphatic rings. The third-order valence-corrected chi connectivity index (χ3v) is 12.0. The minimum atomic E-state index is -2.17. The summed E-state index contributed by atoms with van der Waals surface area (Å²) in [6, 6.07) is 13.5. The number of rotatable bonds is 6. The Bertz CT molecular complexity index is 1600. The number of nitrogens with zero attached hydrogens (tertiary/aromatic N) is 5. The van der Waals surface area contributed by atoms with E-state index in [0.29, 0.717) is 48.1 Å². The highest BCUT2D eigenvalue weighted by Gasteiger charge is 2.47. The van der Waals surface area contributed by atoms with E-state index in [1.54, 1.807) is 13.1 Å². The average molecular weight is 593 g/mol. The lowest BCUT2D eigenvalue weighted by Crippen LogP contribution is -2.42. The monoisotopic (exact) mass is 592 g/mol. The maximum Gasteiger partial charge on any atom is 0.225 e. The van der Waals surface area contributed by atoms with E-state index in [0.717, 1.165) is 47.5 Å². The van der Waals surface area contributed by atoms with Gasteiger partial charge in [0.05, 0.1) is 28.5 Å². The van der Waals surface area contributed by atoms with Crippen LogP contribution < -0.4 is 10.2 Å². The van der Waals surface area contributed by atoms with E-state index in [4.69, 9.17) is 4.98 Å². The van der Waals surface area contributed by atoms with Gasteiger partial charge in [0.25, 0.3) is 0 Å². The lowest BCUT2D eigenvalue weighted by Gasteiger charge is -2.33. The van der Waals surface area contributed by atoms with E-state index >= 15 is 0 Å². The Morgan fingerprint density at radius 2 is 1.95 bits per heavy atom. The molecule has 41 heavy (non-hydrogen) atoms. The fraction of sp³-hybridized carbons (Fsp3) is 0.467. The second kappa shape index (κ2) is 11.1. The van der Waals surface area contributed by atoms with Gasteiger partial charge in [0.15, 0.2) is 0 Å². The topological polar surface area (TPSA) is 111 Å². The van der Waals surface area contributed by atoms with Crippen LogP contribution in [0.2, 0.25) is 0 Å². The normalized spacial score (nSPS) is 22.9. The van der Waals surface area contributed by atoms with Gasteiger partial charge >= 0.3 is 0 Å². The fourth-order valence-corrected chi connectivity index (χ4v) is 8.69. The summed E-state index contributed by atoms with van der Waals surface area (Å²) in [7, 11) is -0.531. The third-order valence-electron chi connectivity index (χ3n) is 8.56. The quantitative estimate of drug-likeness (QED) is 0.412. The molecule has 2 saturated carbocycles. The first-order valence-electron chi connectivity index (χ1n) is 14.1. The molecule has 1 N–H and O–H groups in total. The Morgan fingerprint density at radius 1 is 1.20 bits per heavy atom. The van der Waals surface area contributed by atoms with Gasteiger partial charge in [0.1, 0.15) is 16.4 Å². The van der Waals surface area contributed by atoms with Crippen LogP contribution in [0.15, 0.2) is 47.0 Å². The predicted octanol–water partition coefficient (Wildman–Crippen LogP) is 5.38. The number of aromatic nitrogens is 2. The molecule has 3 heterocycles. The highest BCUT2D eigenvalue weighted by atomic mass is 32.2. The lowest BCUT2D eigenvalue weighted by molar-refractivity contribution is -0.127. The molecule has 0 radical (unpaired) electrons. The van der Waals surface area contributed by atoms with Crippen molar-refractivity contribution in [2.24, 2.45) is 10.3 Å². The molecule has 8 nitrogen and oxygen atoms in total. The van der Waals surface area contributed by atoms with Crippen molar-refractivity contribution in [3.05, 3.63) is 54.1 Å². The third kappa shape index (κ3) is 5.60. The summed E-state index contributed by atoms with van der Waals surface area (Å²) >= 11 is 1.51. The minimum absolute atomic E-state index is 0.0726. The largest absolute Gasteiger partial charge is 0.369 e. The summed E-state index contributed by atoms with van der Waals surface area (Å²) in [4.78, 5) is 26.2. The van der Waals surface area contributed by atoms with E-state index in [1.165, 1.54) is 23.6 Å². The van der Waals surface area contributed by atoms with Crippen molar-refractivity contribution in [3.8, 4) is 27.2 Å². The van der Waals surface area contributed by atoms with E-state index < -0.39 is 21.1 Å². The van der Waals surface area contributed by atoms with Crippen molar-refractivity contribution in [2.45, 2.75) is 50.0 Å². The van der Waals surface area contributed by atoms with Gasteiger partial charge in [0.2, 0.25) is 5.91 Å². The zero-order chi connectivity index (χ0) is 28.6. The molecular weight excluding hydrogens is 560 g/mol. The summed E-state index contributed by atoms with van der Waals surface area (Å²) in [6.45, 7) is 1.27. The Morgan fingerprint density at radius 3 is 2.63 bits per heavy atom. The van der Waals surface area contributed by atoms with Crippen LogP contribution in [0.1, 0.15) is 50.1 Å². The van der Waals surface area contributed by atoms with Crippen LogP contribution in [0.3, 0.4) is 0 Å². The predicted molar refractivity (Wildman–Crippen MR) is 160 cm³/mol. The van der Waals surface area contributed by atoms with E-state index in [-0.39, 0.29) is 17.7 Å². The molecule has 0 spiro atoms. The zero-order valence-electron chi connectivity index (χ0n) is 23.0. The highest BCUT2D eigenvalue weighted by Crippen LogP contribution is 2.48. The van der Waals surface area contributed by atoms with Gasteiger partial charge in [-0.3, -0.25) is 9.78 Å². The lowest BCUT2D eigenvalue weighted by atomic mass is 9.76. The number of anilines is 1. The number of hydrogen-bond acceptors (Lipinski definition) is 8. The number of halogens is 1. The molecule has 1 aromatic carbocycles. The van der Waals surface area contributed by atoms with Crippen LogP contribution in [0.5, 0.6) is 0 Å². The number of para-hydroxylation sites is 1. The number of carbonyl (C=O) groups excluding carboxylic acids is 1. The van der Waals surface area contributed by atoms with Crippen LogP contribution >= 0.6 is 11.3 Å². The van der Waals surface area contributed by atoms with Gasteiger partial charge in [-0.2, -0.15) is 5.26 Å². The van der Waals surface area contributed by atoms with Gasteiger partial charge in [-0.15, -0.1) is 11.3 Å². The molecule has 1 saturated heterocycles. The van der Waals surface area contributed by atoms with Crippen LogP contribution in [0.25, 0.3) is 21.1 Å². The fourth-order valence-electron chi connectivity index (χ4n) is 5.96. The molecule has 3 fully saturated rings. The molecule has 1 amide bonds. The number of amides is 1. The summed E-state index contributed by atoms with van der Waals surface area (Å²) in [6.07, 6.45) is 6.07. The van der Waals surface area contributed by atoms with Gasteiger partial charge < -0.3 is 10.2 Å². The number of thiazole rings is 1. The molecule has 1 aliphatic heterocycles. The van der Waals surface area contributed by atoms with Gasteiger partial charge in [-0.25, -0.2) is 17.9 Å². The molecule has 6 rings (SSSR count). The molecule has 11 heteroatoms. The summed E-state index contributed by atoms with van der Waals surface area (Å²) in [5.74, 6) is 0.143. The summed E-state index contributed by atoms with van der Waals surface area (Å²) in [5.41, 5.74) is 2.76. The SMILES string of the molecule is CN=S1(=O)CCN(c2ccccc2-c2sc(-c3ccc(F)cn3)nc2[C@@H]2CCCC[C@H]2C(=O)NC2(C#N)CC2)CC1. The van der Waals surface area contributed by atoms with Crippen molar-refractivity contribution in [1.29, 1.82) is 5.26 Å².